The molecule has 0 fully saturated rings. The second-order valence-corrected chi connectivity index (χ2v) is 7.03. The molecule has 0 saturated carbocycles. The van der Waals surface area contributed by atoms with Gasteiger partial charge in [-0.05, 0) is 25.0 Å². The fourth-order valence-corrected chi connectivity index (χ4v) is 2.63. The number of hydrogen-bond donors (Lipinski definition) is 0. The van der Waals surface area contributed by atoms with Crippen molar-refractivity contribution < 1.29 is 13.2 Å². The third kappa shape index (κ3) is 4.36. The van der Waals surface area contributed by atoms with Gasteiger partial charge in [-0.1, -0.05) is 18.2 Å². The average Bonchev–Trinajstić information content (AvgIpc) is 2.37. The molecule has 0 N–H and O–H groups in total. The summed E-state index contributed by atoms with van der Waals surface area (Å²) in [6.07, 6.45) is 2.84. The number of benzene rings is 1. The molecule has 0 radical (unpaired) electrons. The molecule has 1 aromatic carbocycles. The molecule has 0 aliphatic heterocycles. The zero-order valence-corrected chi connectivity index (χ0v) is 11.8. The van der Waals surface area contributed by atoms with E-state index in [0.29, 0.717) is 25.2 Å². The highest BCUT2D eigenvalue weighted by molar-refractivity contribution is 8.13. The summed E-state index contributed by atoms with van der Waals surface area (Å²) in [4.78, 5) is 4.28. The zero-order chi connectivity index (χ0) is 13.7. The number of hydrogen-bond acceptors (Lipinski definition) is 4. The summed E-state index contributed by atoms with van der Waals surface area (Å²) in [5, 5.41) is 1.02. The SMILES string of the molecule is O=S(=O)(Cl)CCCCOc1cccc2cccnc12. The number of ether oxygens (including phenoxy) is 1. The summed E-state index contributed by atoms with van der Waals surface area (Å²) in [6, 6.07) is 9.57. The van der Waals surface area contributed by atoms with E-state index in [0.717, 1.165) is 10.9 Å². The van der Waals surface area contributed by atoms with Gasteiger partial charge >= 0.3 is 0 Å². The van der Waals surface area contributed by atoms with Gasteiger partial charge in [0.05, 0.1) is 12.4 Å². The van der Waals surface area contributed by atoms with Gasteiger partial charge in [0, 0.05) is 22.3 Å². The normalized spacial score (nSPS) is 11.6. The lowest BCUT2D eigenvalue weighted by Crippen LogP contribution is -2.02. The predicted octanol–water partition coefficient (Wildman–Crippen LogP) is 2.96. The molecule has 0 spiro atoms. The first-order valence-electron chi connectivity index (χ1n) is 5.95. The van der Waals surface area contributed by atoms with Crippen molar-refractivity contribution in [3.63, 3.8) is 0 Å². The molecular weight excluding hydrogens is 286 g/mol. The van der Waals surface area contributed by atoms with Gasteiger partial charge in [-0.2, -0.15) is 0 Å². The van der Waals surface area contributed by atoms with Gasteiger partial charge in [-0.25, -0.2) is 8.42 Å². The predicted molar refractivity (Wildman–Crippen MR) is 76.1 cm³/mol. The third-order valence-corrected chi connectivity index (χ3v) is 3.87. The smallest absolute Gasteiger partial charge is 0.232 e. The molecule has 0 unspecified atom stereocenters. The number of fused-ring (bicyclic) bond motifs is 1. The van der Waals surface area contributed by atoms with Crippen molar-refractivity contribution in [1.82, 2.24) is 4.98 Å². The average molecular weight is 300 g/mol. The van der Waals surface area contributed by atoms with Crippen LogP contribution in [0.5, 0.6) is 5.75 Å². The second-order valence-electron chi connectivity index (χ2n) is 4.13. The van der Waals surface area contributed by atoms with Crippen LogP contribution in [0.1, 0.15) is 12.8 Å². The molecule has 0 aliphatic carbocycles. The maximum atomic E-state index is 10.8. The van der Waals surface area contributed by atoms with E-state index in [1.165, 1.54) is 0 Å². The Morgan fingerprint density at radius 3 is 2.74 bits per heavy atom. The minimum absolute atomic E-state index is 0.0221. The highest BCUT2D eigenvalue weighted by Crippen LogP contribution is 2.23. The van der Waals surface area contributed by atoms with Crippen LogP contribution in [0.4, 0.5) is 0 Å². The van der Waals surface area contributed by atoms with Gasteiger partial charge in [0.15, 0.2) is 0 Å². The maximum absolute atomic E-state index is 10.8. The number of halogens is 1. The van der Waals surface area contributed by atoms with Crippen LogP contribution in [0.3, 0.4) is 0 Å². The molecule has 102 valence electrons. The summed E-state index contributed by atoms with van der Waals surface area (Å²) in [5.74, 6) is 0.693. The van der Waals surface area contributed by atoms with E-state index in [9.17, 15) is 8.42 Å². The summed E-state index contributed by atoms with van der Waals surface area (Å²) in [5.41, 5.74) is 0.815. The van der Waals surface area contributed by atoms with Gasteiger partial charge in [-0.15, -0.1) is 0 Å². The number of nitrogens with zero attached hydrogens (tertiary/aromatic N) is 1. The van der Waals surface area contributed by atoms with Crippen LogP contribution in [0.15, 0.2) is 36.5 Å². The van der Waals surface area contributed by atoms with Gasteiger partial charge in [0.25, 0.3) is 0 Å². The molecule has 0 saturated heterocycles. The quantitative estimate of drug-likeness (QED) is 0.608. The van der Waals surface area contributed by atoms with E-state index in [4.69, 9.17) is 15.4 Å². The Labute approximate surface area is 116 Å². The Bertz CT molecular complexity index is 652. The lowest BCUT2D eigenvalue weighted by molar-refractivity contribution is 0.312. The number of aromatic nitrogens is 1. The highest BCUT2D eigenvalue weighted by atomic mass is 35.7. The van der Waals surface area contributed by atoms with Crippen LogP contribution in [-0.4, -0.2) is 25.8 Å². The molecular formula is C13H14ClNO3S. The maximum Gasteiger partial charge on any atom is 0.232 e. The van der Waals surface area contributed by atoms with Crippen LogP contribution >= 0.6 is 10.7 Å². The van der Waals surface area contributed by atoms with Crippen molar-refractivity contribution in [3.8, 4) is 5.75 Å². The molecule has 0 aliphatic rings. The second kappa shape index (κ2) is 6.21. The van der Waals surface area contributed by atoms with Crippen LogP contribution in [0.2, 0.25) is 0 Å². The summed E-state index contributed by atoms with van der Waals surface area (Å²) in [6.45, 7) is 0.447. The molecule has 2 aromatic rings. The lowest BCUT2D eigenvalue weighted by Gasteiger charge is -2.08. The Morgan fingerprint density at radius 1 is 1.16 bits per heavy atom. The van der Waals surface area contributed by atoms with Gasteiger partial charge in [0.2, 0.25) is 9.05 Å². The highest BCUT2D eigenvalue weighted by Gasteiger charge is 2.05. The number of pyridine rings is 1. The van der Waals surface area contributed by atoms with Gasteiger partial charge < -0.3 is 4.74 Å². The van der Waals surface area contributed by atoms with Crippen molar-refractivity contribution in [2.45, 2.75) is 12.8 Å². The van der Waals surface area contributed by atoms with E-state index in [-0.39, 0.29) is 5.75 Å². The monoisotopic (exact) mass is 299 g/mol. The van der Waals surface area contributed by atoms with Crippen LogP contribution in [0, 0.1) is 0 Å². The molecule has 0 bridgehead atoms. The third-order valence-electron chi connectivity index (χ3n) is 2.64. The molecule has 0 atom stereocenters. The first-order chi connectivity index (χ1) is 9.06. The van der Waals surface area contributed by atoms with E-state index >= 15 is 0 Å². The Kier molecular flexibility index (Phi) is 4.61. The molecule has 1 aromatic heterocycles. The fraction of sp³-hybridized carbons (Fsp3) is 0.308. The van der Waals surface area contributed by atoms with E-state index in [2.05, 4.69) is 4.98 Å². The molecule has 6 heteroatoms. The summed E-state index contributed by atoms with van der Waals surface area (Å²) < 4.78 is 27.1. The Balaban J connectivity index is 1.92. The van der Waals surface area contributed by atoms with Gasteiger partial charge in [-0.3, -0.25) is 4.98 Å². The summed E-state index contributed by atoms with van der Waals surface area (Å²) in [7, 11) is 1.73. The van der Waals surface area contributed by atoms with Gasteiger partial charge in [0.1, 0.15) is 11.3 Å². The van der Waals surface area contributed by atoms with Crippen molar-refractivity contribution in [2.75, 3.05) is 12.4 Å². The topological polar surface area (TPSA) is 56.3 Å². The standard InChI is InChI=1S/C13H14ClNO3S/c14-19(16,17)10-2-1-9-18-12-7-3-5-11-6-4-8-15-13(11)12/h3-8H,1-2,9-10H2. The number of rotatable bonds is 6. The van der Waals surface area contributed by atoms with Crippen molar-refractivity contribution in [1.29, 1.82) is 0 Å². The van der Waals surface area contributed by atoms with E-state index in [1.54, 1.807) is 6.20 Å². The molecule has 0 amide bonds. The van der Waals surface area contributed by atoms with E-state index in [1.807, 2.05) is 30.3 Å². The van der Waals surface area contributed by atoms with Crippen molar-refractivity contribution in [2.24, 2.45) is 0 Å². The minimum Gasteiger partial charge on any atom is -0.491 e. The van der Waals surface area contributed by atoms with Crippen molar-refractivity contribution >= 4 is 30.6 Å². The molecule has 19 heavy (non-hydrogen) atoms. The first-order valence-corrected chi connectivity index (χ1v) is 8.43. The first kappa shape index (κ1) is 14.1. The number of unbranched alkanes of at least 4 members (excludes halogenated alkanes) is 1. The van der Waals surface area contributed by atoms with Crippen molar-refractivity contribution in [3.05, 3.63) is 36.5 Å². The van der Waals surface area contributed by atoms with Crippen LogP contribution < -0.4 is 4.74 Å². The van der Waals surface area contributed by atoms with E-state index < -0.39 is 9.05 Å². The minimum atomic E-state index is -3.40. The molecule has 2 rings (SSSR count). The van der Waals surface area contributed by atoms with Crippen LogP contribution in [0.25, 0.3) is 10.9 Å². The Morgan fingerprint density at radius 2 is 1.95 bits per heavy atom. The fourth-order valence-electron chi connectivity index (χ4n) is 1.75. The lowest BCUT2D eigenvalue weighted by atomic mass is 10.2. The molecule has 1 heterocycles. The summed E-state index contributed by atoms with van der Waals surface area (Å²) >= 11 is 0. The largest absolute Gasteiger partial charge is 0.491 e. The van der Waals surface area contributed by atoms with Crippen LogP contribution in [-0.2, 0) is 9.05 Å². The zero-order valence-electron chi connectivity index (χ0n) is 10.3. The Hall–Kier alpha value is -1.33. The number of para-hydroxylation sites is 1. The molecule has 4 nitrogen and oxygen atoms in total.